The predicted octanol–water partition coefficient (Wildman–Crippen LogP) is 3.19. The molecule has 0 aliphatic carbocycles. The van der Waals surface area contributed by atoms with Gasteiger partial charge in [-0.05, 0) is 17.7 Å². The van der Waals surface area contributed by atoms with E-state index >= 15 is 0 Å². The molecule has 3 nitrogen and oxygen atoms in total. The Kier molecular flexibility index (Phi) is 4.99. The predicted molar refractivity (Wildman–Crippen MR) is 83.2 cm³/mol. The molecule has 0 N–H and O–H groups in total. The molecule has 0 unspecified atom stereocenters. The van der Waals surface area contributed by atoms with Crippen LogP contribution in [0.2, 0.25) is 5.02 Å². The van der Waals surface area contributed by atoms with E-state index in [4.69, 9.17) is 28.6 Å². The van der Waals surface area contributed by atoms with Crippen LogP contribution < -0.4 is 0 Å². The summed E-state index contributed by atoms with van der Waals surface area (Å²) in [5, 5.41) is 0.615. The summed E-state index contributed by atoms with van der Waals surface area (Å²) in [4.78, 5) is 14.3. The number of nitrogens with zero attached hydrogens (tertiary/aromatic N) is 1. The minimum absolute atomic E-state index is 0.0908. The van der Waals surface area contributed by atoms with Gasteiger partial charge in [0.25, 0.3) is 5.91 Å². The van der Waals surface area contributed by atoms with Crippen LogP contribution in [0, 0.1) is 0 Å². The van der Waals surface area contributed by atoms with Crippen molar-refractivity contribution in [1.82, 2.24) is 4.90 Å². The Morgan fingerprint density at radius 3 is 2.89 bits per heavy atom. The molecule has 1 heterocycles. The van der Waals surface area contributed by atoms with Crippen LogP contribution in [0.4, 0.5) is 0 Å². The maximum absolute atomic E-state index is 12.2. The molecule has 6 heteroatoms. The Morgan fingerprint density at radius 2 is 2.21 bits per heavy atom. The number of rotatable bonds is 4. The molecule has 0 radical (unpaired) electrons. The second-order valence-corrected chi connectivity index (χ2v) is 5.93. The Bertz CT molecular complexity index is 545. The second-order valence-electron chi connectivity index (χ2n) is 3.85. The zero-order valence-electron chi connectivity index (χ0n) is 10.3. The van der Waals surface area contributed by atoms with Gasteiger partial charge in [-0.15, -0.1) is 0 Å². The maximum Gasteiger partial charge on any atom is 0.266 e. The van der Waals surface area contributed by atoms with Crippen LogP contribution in [0.15, 0.2) is 29.2 Å². The van der Waals surface area contributed by atoms with Gasteiger partial charge in [0.05, 0.1) is 18.1 Å². The topological polar surface area (TPSA) is 29.5 Å². The third-order valence-electron chi connectivity index (χ3n) is 2.58. The third-order valence-corrected chi connectivity index (χ3v) is 4.31. The SMILES string of the molecule is COCCN1C(=O)/C(=C/c2ccccc2Cl)SC1=S. The summed E-state index contributed by atoms with van der Waals surface area (Å²) >= 11 is 12.6. The summed E-state index contributed by atoms with van der Waals surface area (Å²) in [5.41, 5.74) is 0.816. The normalized spacial score (nSPS) is 17.6. The summed E-state index contributed by atoms with van der Waals surface area (Å²) in [5.74, 6) is -0.0908. The number of hydrogen-bond donors (Lipinski definition) is 0. The number of halogens is 1. The lowest BCUT2D eigenvalue weighted by molar-refractivity contribution is -0.122. The van der Waals surface area contributed by atoms with E-state index in [-0.39, 0.29) is 5.91 Å². The van der Waals surface area contributed by atoms with E-state index in [0.717, 1.165) is 5.56 Å². The summed E-state index contributed by atoms with van der Waals surface area (Å²) in [6.07, 6.45) is 1.77. The average molecular weight is 314 g/mol. The molecule has 1 saturated heterocycles. The van der Waals surface area contributed by atoms with Crippen molar-refractivity contribution in [3.8, 4) is 0 Å². The second kappa shape index (κ2) is 6.52. The summed E-state index contributed by atoms with van der Waals surface area (Å²) < 4.78 is 5.53. The van der Waals surface area contributed by atoms with Crippen LogP contribution in [0.5, 0.6) is 0 Å². The first-order chi connectivity index (χ1) is 9.13. The van der Waals surface area contributed by atoms with Crippen LogP contribution in [0.25, 0.3) is 6.08 Å². The quantitative estimate of drug-likeness (QED) is 0.631. The lowest BCUT2D eigenvalue weighted by Gasteiger charge is -2.12. The number of carbonyl (C=O) groups excluding carboxylic acids is 1. The molecular formula is C13H12ClNO2S2. The molecule has 1 aromatic rings. The zero-order valence-corrected chi connectivity index (χ0v) is 12.6. The van der Waals surface area contributed by atoms with E-state index < -0.39 is 0 Å². The number of ether oxygens (including phenoxy) is 1. The molecule has 1 amide bonds. The molecule has 0 spiro atoms. The molecule has 0 atom stereocenters. The zero-order chi connectivity index (χ0) is 13.8. The van der Waals surface area contributed by atoms with Crippen molar-refractivity contribution in [3.05, 3.63) is 39.8 Å². The van der Waals surface area contributed by atoms with Crippen LogP contribution in [-0.4, -0.2) is 35.4 Å². The Hall–Kier alpha value is -0.880. The number of hydrogen-bond acceptors (Lipinski definition) is 4. The van der Waals surface area contributed by atoms with E-state index in [1.807, 2.05) is 18.2 Å². The standard InChI is InChI=1S/C13H12ClNO2S2/c1-17-7-6-15-12(16)11(19-13(15)18)8-9-4-2-3-5-10(9)14/h2-5,8H,6-7H2,1H3/b11-8-. The minimum Gasteiger partial charge on any atom is -0.383 e. The largest absolute Gasteiger partial charge is 0.383 e. The lowest BCUT2D eigenvalue weighted by Crippen LogP contribution is -2.31. The van der Waals surface area contributed by atoms with Crippen molar-refractivity contribution >= 4 is 51.9 Å². The molecule has 1 fully saturated rings. The highest BCUT2D eigenvalue weighted by Gasteiger charge is 2.31. The number of amides is 1. The summed E-state index contributed by atoms with van der Waals surface area (Å²) in [6.45, 7) is 0.937. The first-order valence-corrected chi connectivity index (χ1v) is 7.22. The van der Waals surface area contributed by atoms with Gasteiger partial charge in [-0.25, -0.2) is 0 Å². The fourth-order valence-corrected chi connectivity index (χ4v) is 3.10. The van der Waals surface area contributed by atoms with Crippen molar-refractivity contribution in [3.63, 3.8) is 0 Å². The van der Waals surface area contributed by atoms with Gasteiger partial charge in [-0.2, -0.15) is 0 Å². The Labute approximate surface area is 126 Å². The number of methoxy groups -OCH3 is 1. The highest BCUT2D eigenvalue weighted by Crippen LogP contribution is 2.33. The van der Waals surface area contributed by atoms with E-state index in [0.29, 0.717) is 27.4 Å². The third kappa shape index (κ3) is 3.36. The van der Waals surface area contributed by atoms with Gasteiger partial charge in [0.15, 0.2) is 0 Å². The smallest absolute Gasteiger partial charge is 0.266 e. The number of thiocarbonyl (C=S) groups is 1. The van der Waals surface area contributed by atoms with Gasteiger partial charge in [-0.3, -0.25) is 9.69 Å². The van der Waals surface area contributed by atoms with Gasteiger partial charge in [0, 0.05) is 12.1 Å². The van der Waals surface area contributed by atoms with Crippen LogP contribution in [0.1, 0.15) is 5.56 Å². The molecule has 1 aliphatic heterocycles. The van der Waals surface area contributed by atoms with E-state index in [1.165, 1.54) is 11.8 Å². The number of benzene rings is 1. The number of carbonyl (C=O) groups is 1. The molecule has 19 heavy (non-hydrogen) atoms. The first-order valence-electron chi connectivity index (χ1n) is 5.62. The van der Waals surface area contributed by atoms with Crippen LogP contribution in [-0.2, 0) is 9.53 Å². The van der Waals surface area contributed by atoms with Gasteiger partial charge in [-0.1, -0.05) is 53.8 Å². The van der Waals surface area contributed by atoms with E-state index in [9.17, 15) is 4.79 Å². The van der Waals surface area contributed by atoms with Crippen molar-refractivity contribution in [2.75, 3.05) is 20.3 Å². The summed E-state index contributed by atoms with van der Waals surface area (Å²) in [6, 6.07) is 7.38. The van der Waals surface area contributed by atoms with Gasteiger partial charge < -0.3 is 4.74 Å². The van der Waals surface area contributed by atoms with Crippen LogP contribution >= 0.6 is 35.6 Å². The van der Waals surface area contributed by atoms with Gasteiger partial charge >= 0.3 is 0 Å². The molecule has 0 bridgehead atoms. The minimum atomic E-state index is -0.0908. The molecule has 1 aliphatic rings. The molecule has 100 valence electrons. The maximum atomic E-state index is 12.2. The molecular weight excluding hydrogens is 302 g/mol. The monoisotopic (exact) mass is 313 g/mol. The molecule has 0 saturated carbocycles. The van der Waals surface area contributed by atoms with Gasteiger partial charge in [0.2, 0.25) is 0 Å². The lowest BCUT2D eigenvalue weighted by atomic mass is 10.2. The highest BCUT2D eigenvalue weighted by molar-refractivity contribution is 8.26. The number of thioether (sulfide) groups is 1. The van der Waals surface area contributed by atoms with Crippen molar-refractivity contribution < 1.29 is 9.53 Å². The van der Waals surface area contributed by atoms with Crippen LogP contribution in [0.3, 0.4) is 0 Å². The van der Waals surface area contributed by atoms with E-state index in [2.05, 4.69) is 0 Å². The van der Waals surface area contributed by atoms with E-state index in [1.54, 1.807) is 24.2 Å². The fraction of sp³-hybridized carbons (Fsp3) is 0.231. The Balaban J connectivity index is 2.21. The van der Waals surface area contributed by atoms with Crippen molar-refractivity contribution in [2.45, 2.75) is 0 Å². The molecule has 0 aromatic heterocycles. The van der Waals surface area contributed by atoms with Gasteiger partial charge in [0.1, 0.15) is 4.32 Å². The Morgan fingerprint density at radius 1 is 1.47 bits per heavy atom. The summed E-state index contributed by atoms with van der Waals surface area (Å²) in [7, 11) is 1.59. The average Bonchev–Trinajstić information content (AvgIpc) is 2.65. The molecule has 1 aromatic carbocycles. The van der Waals surface area contributed by atoms with Crippen molar-refractivity contribution in [1.29, 1.82) is 0 Å². The fourth-order valence-electron chi connectivity index (χ4n) is 1.61. The van der Waals surface area contributed by atoms with Crippen molar-refractivity contribution in [2.24, 2.45) is 0 Å². The first kappa shape index (κ1) is 14.5. The molecule has 2 rings (SSSR count). The highest BCUT2D eigenvalue weighted by atomic mass is 35.5.